The number of ether oxygens (including phenoxy) is 2. The van der Waals surface area contributed by atoms with E-state index < -0.39 is 22.0 Å². The van der Waals surface area contributed by atoms with Gasteiger partial charge < -0.3 is 14.8 Å². The number of amides is 1. The average molecular weight is 546 g/mol. The highest BCUT2D eigenvalue weighted by Gasteiger charge is 2.39. The van der Waals surface area contributed by atoms with Crippen LogP contribution in [0.3, 0.4) is 0 Å². The molecule has 36 heavy (non-hydrogen) atoms. The SMILES string of the molecule is Cc1cc(NC(=O)C2CCCN2S(=O)(=O)c2ccc(Cl)cc2)n(-c2nc3cc4c(cc3s2)OCO4)n1. The summed E-state index contributed by atoms with van der Waals surface area (Å²) in [6, 6.07) is 10.5. The maximum absolute atomic E-state index is 13.3. The average Bonchev–Trinajstić information content (AvgIpc) is 3.63. The smallest absolute Gasteiger partial charge is 0.243 e. The van der Waals surface area contributed by atoms with Gasteiger partial charge in [-0.15, -0.1) is 0 Å². The molecule has 1 atom stereocenters. The van der Waals surface area contributed by atoms with Gasteiger partial charge >= 0.3 is 0 Å². The van der Waals surface area contributed by atoms with E-state index >= 15 is 0 Å². The number of anilines is 1. The molecule has 0 bridgehead atoms. The minimum Gasteiger partial charge on any atom is -0.454 e. The van der Waals surface area contributed by atoms with E-state index in [1.807, 2.05) is 19.1 Å². The van der Waals surface area contributed by atoms with Gasteiger partial charge in [-0.2, -0.15) is 14.1 Å². The lowest BCUT2D eigenvalue weighted by Crippen LogP contribution is -2.43. The second kappa shape index (κ2) is 8.73. The van der Waals surface area contributed by atoms with Crippen molar-refractivity contribution in [3.05, 3.63) is 53.2 Å². The van der Waals surface area contributed by atoms with E-state index in [2.05, 4.69) is 15.4 Å². The molecule has 2 aromatic carbocycles. The summed E-state index contributed by atoms with van der Waals surface area (Å²) in [7, 11) is -3.86. The number of aromatic nitrogens is 3. The van der Waals surface area contributed by atoms with Crippen LogP contribution in [0.1, 0.15) is 18.5 Å². The summed E-state index contributed by atoms with van der Waals surface area (Å²) in [6.45, 7) is 2.25. The summed E-state index contributed by atoms with van der Waals surface area (Å²) in [4.78, 5) is 18.1. The molecule has 2 aliphatic heterocycles. The van der Waals surface area contributed by atoms with Gasteiger partial charge in [0.25, 0.3) is 0 Å². The molecule has 6 rings (SSSR count). The number of carbonyl (C=O) groups excluding carboxylic acids is 1. The normalized spacial score (nSPS) is 17.7. The van der Waals surface area contributed by atoms with Crippen molar-refractivity contribution in [1.29, 1.82) is 0 Å². The molecule has 1 amide bonds. The van der Waals surface area contributed by atoms with E-state index in [4.69, 9.17) is 21.1 Å². The molecule has 4 aromatic rings. The Morgan fingerprint density at radius 1 is 1.17 bits per heavy atom. The predicted octanol–water partition coefficient (Wildman–Crippen LogP) is 3.96. The monoisotopic (exact) mass is 545 g/mol. The maximum atomic E-state index is 13.3. The van der Waals surface area contributed by atoms with Gasteiger partial charge in [-0.3, -0.25) is 4.79 Å². The molecular formula is C23H20ClN5O5S2. The van der Waals surface area contributed by atoms with Crippen molar-refractivity contribution in [1.82, 2.24) is 19.1 Å². The van der Waals surface area contributed by atoms with Crippen molar-refractivity contribution in [3.63, 3.8) is 0 Å². The van der Waals surface area contributed by atoms with Gasteiger partial charge in [-0.05, 0) is 44.0 Å². The van der Waals surface area contributed by atoms with E-state index in [9.17, 15) is 13.2 Å². The third-order valence-electron chi connectivity index (χ3n) is 6.06. The molecule has 1 saturated heterocycles. The second-order valence-electron chi connectivity index (χ2n) is 8.47. The molecule has 13 heteroatoms. The Bertz CT molecular complexity index is 1560. The van der Waals surface area contributed by atoms with E-state index in [-0.39, 0.29) is 18.2 Å². The number of nitrogens with zero attached hydrogens (tertiary/aromatic N) is 4. The Morgan fingerprint density at radius 2 is 1.92 bits per heavy atom. The highest BCUT2D eigenvalue weighted by Crippen LogP contribution is 2.39. The first kappa shape index (κ1) is 23.2. The Labute approximate surface area is 215 Å². The van der Waals surface area contributed by atoms with Crippen molar-refractivity contribution in [2.24, 2.45) is 0 Å². The number of benzene rings is 2. The van der Waals surface area contributed by atoms with E-state index in [0.29, 0.717) is 46.0 Å². The first-order valence-corrected chi connectivity index (χ1v) is 13.8. The van der Waals surface area contributed by atoms with Gasteiger partial charge in [-0.1, -0.05) is 22.9 Å². The fourth-order valence-corrected chi connectivity index (χ4v) is 7.10. The van der Waals surface area contributed by atoms with E-state index in [1.165, 1.54) is 39.9 Å². The van der Waals surface area contributed by atoms with Crippen LogP contribution in [0.2, 0.25) is 5.02 Å². The van der Waals surface area contributed by atoms with Gasteiger partial charge in [0, 0.05) is 29.8 Å². The molecule has 0 aliphatic carbocycles. The lowest BCUT2D eigenvalue weighted by atomic mass is 10.2. The van der Waals surface area contributed by atoms with Crippen LogP contribution in [-0.2, 0) is 14.8 Å². The zero-order chi connectivity index (χ0) is 25.0. The highest BCUT2D eigenvalue weighted by atomic mass is 35.5. The van der Waals surface area contributed by atoms with Crippen molar-refractivity contribution in [2.45, 2.75) is 30.7 Å². The summed E-state index contributed by atoms with van der Waals surface area (Å²) < 4.78 is 41.1. The van der Waals surface area contributed by atoms with Crippen LogP contribution >= 0.6 is 22.9 Å². The standard InChI is InChI=1S/C23H20ClN5O5S2/c1-13-9-21(29(27-13)23-25-16-10-18-19(34-12-33-18)11-20(16)35-23)26-22(30)17-3-2-8-28(17)36(31,32)15-6-4-14(24)5-7-15/h4-7,9-11,17H,2-3,8,12H2,1H3,(H,26,30). The predicted molar refractivity (Wildman–Crippen MR) is 135 cm³/mol. The minimum atomic E-state index is -3.86. The number of hydrogen-bond acceptors (Lipinski definition) is 8. The summed E-state index contributed by atoms with van der Waals surface area (Å²) in [6.07, 6.45) is 0.994. The molecule has 4 heterocycles. The third kappa shape index (κ3) is 3.99. The van der Waals surface area contributed by atoms with Crippen molar-refractivity contribution in [2.75, 3.05) is 18.7 Å². The number of fused-ring (bicyclic) bond motifs is 2. The van der Waals surface area contributed by atoms with Gasteiger partial charge in [-0.25, -0.2) is 13.4 Å². The molecule has 2 aromatic heterocycles. The maximum Gasteiger partial charge on any atom is 0.243 e. The van der Waals surface area contributed by atoms with Crippen LogP contribution in [-0.4, -0.2) is 52.8 Å². The first-order chi connectivity index (χ1) is 17.3. The molecule has 0 spiro atoms. The van der Waals surface area contributed by atoms with Gasteiger partial charge in [0.1, 0.15) is 11.9 Å². The number of halogens is 1. The number of hydrogen-bond donors (Lipinski definition) is 1. The molecule has 10 nitrogen and oxygen atoms in total. The molecular weight excluding hydrogens is 526 g/mol. The van der Waals surface area contributed by atoms with Crippen LogP contribution in [0, 0.1) is 6.92 Å². The zero-order valence-corrected chi connectivity index (χ0v) is 21.4. The fraction of sp³-hybridized carbons (Fsp3) is 0.261. The van der Waals surface area contributed by atoms with Crippen LogP contribution in [0.25, 0.3) is 15.3 Å². The Morgan fingerprint density at radius 3 is 2.69 bits per heavy atom. The first-order valence-electron chi connectivity index (χ1n) is 11.1. The second-order valence-corrected chi connectivity index (χ2v) is 11.8. The van der Waals surface area contributed by atoms with Gasteiger partial charge in [0.15, 0.2) is 11.5 Å². The summed E-state index contributed by atoms with van der Waals surface area (Å²) >= 11 is 7.30. The quantitative estimate of drug-likeness (QED) is 0.403. The Hall–Kier alpha value is -3.19. The van der Waals surface area contributed by atoms with E-state index in [0.717, 1.165) is 10.2 Å². The lowest BCUT2D eigenvalue weighted by molar-refractivity contribution is -0.119. The molecule has 1 fully saturated rings. The summed E-state index contributed by atoms with van der Waals surface area (Å²) in [5, 5.41) is 8.36. The largest absolute Gasteiger partial charge is 0.454 e. The van der Waals surface area contributed by atoms with Gasteiger partial charge in [0.05, 0.1) is 20.8 Å². The third-order valence-corrected chi connectivity index (χ3v) is 9.23. The van der Waals surface area contributed by atoms with E-state index in [1.54, 1.807) is 10.7 Å². The fourth-order valence-electron chi connectivity index (χ4n) is 4.37. The number of aryl methyl sites for hydroxylation is 1. The number of nitrogens with one attached hydrogen (secondary N) is 1. The Balaban J connectivity index is 1.28. The van der Waals surface area contributed by atoms with Crippen LogP contribution in [0.15, 0.2) is 47.4 Å². The number of sulfonamides is 1. The van der Waals surface area contributed by atoms with Crippen LogP contribution in [0.4, 0.5) is 5.82 Å². The van der Waals surface area contributed by atoms with Crippen molar-refractivity contribution in [3.8, 4) is 16.6 Å². The van der Waals surface area contributed by atoms with Crippen molar-refractivity contribution >= 4 is 54.9 Å². The van der Waals surface area contributed by atoms with Gasteiger partial charge in [0.2, 0.25) is 27.9 Å². The summed E-state index contributed by atoms with van der Waals surface area (Å²) in [5.41, 5.74) is 1.40. The molecule has 0 radical (unpaired) electrons. The zero-order valence-electron chi connectivity index (χ0n) is 19.0. The lowest BCUT2D eigenvalue weighted by Gasteiger charge is -2.23. The summed E-state index contributed by atoms with van der Waals surface area (Å²) in [5.74, 6) is 1.28. The van der Waals surface area contributed by atoms with Crippen LogP contribution < -0.4 is 14.8 Å². The molecule has 2 aliphatic rings. The van der Waals surface area contributed by atoms with Crippen molar-refractivity contribution < 1.29 is 22.7 Å². The molecule has 0 saturated carbocycles. The number of carbonyl (C=O) groups is 1. The number of thiazole rings is 1. The van der Waals surface area contributed by atoms with Crippen LogP contribution in [0.5, 0.6) is 11.5 Å². The topological polar surface area (TPSA) is 116 Å². The molecule has 1 unspecified atom stereocenters. The molecule has 186 valence electrons. The highest BCUT2D eigenvalue weighted by molar-refractivity contribution is 7.89. The number of rotatable bonds is 5. The minimum absolute atomic E-state index is 0.0989. The Kier molecular flexibility index (Phi) is 5.63. The molecule has 1 N–H and O–H groups in total.